The molecular weight excluding hydrogens is 949 g/mol. The van der Waals surface area contributed by atoms with Gasteiger partial charge in [-0.1, -0.05) is 0 Å². The van der Waals surface area contributed by atoms with Crippen LogP contribution >= 0.6 is 0 Å². The molecule has 68 heavy (non-hydrogen) atoms. The summed E-state index contributed by atoms with van der Waals surface area (Å²) in [4.78, 5) is 21.7. The monoisotopic (exact) mass is 990 g/mol. The number of anilines is 4. The van der Waals surface area contributed by atoms with Gasteiger partial charge < -0.3 is 19.6 Å². The van der Waals surface area contributed by atoms with Crippen LogP contribution in [-0.4, -0.2) is 107 Å². The number of aryl methyl sites for hydroxylation is 2. The first-order valence-corrected chi connectivity index (χ1v) is 24.6. The summed E-state index contributed by atoms with van der Waals surface area (Å²) in [6.07, 6.45) is -1.43. The maximum atomic E-state index is 15.7. The van der Waals surface area contributed by atoms with Gasteiger partial charge in [0.15, 0.2) is 25.5 Å². The van der Waals surface area contributed by atoms with Crippen molar-refractivity contribution in [1.82, 2.24) is 19.6 Å². The summed E-state index contributed by atoms with van der Waals surface area (Å²) >= 11 is 0. The normalized spacial score (nSPS) is 15.4. The van der Waals surface area contributed by atoms with Crippen LogP contribution in [0.3, 0.4) is 0 Å². The van der Waals surface area contributed by atoms with Crippen molar-refractivity contribution in [2.75, 3.05) is 84.5 Å². The average molecular weight is 991 g/mol. The fraction of sp³-hybridized carbons (Fsp3) is 0.311. The molecule has 2 aromatic heterocycles. The Morgan fingerprint density at radius 3 is 1.10 bits per heavy atom. The molecule has 0 atom stereocenters. The molecular formula is C45H42F8N8O5S2. The summed E-state index contributed by atoms with van der Waals surface area (Å²) in [5, 5.41) is 8.97. The number of ketones is 1. The number of halogens is 8. The minimum atomic E-state index is -4.76. The second-order valence-corrected chi connectivity index (χ2v) is 20.8. The lowest BCUT2D eigenvalue weighted by Crippen LogP contribution is -2.47. The number of piperazine rings is 2. The van der Waals surface area contributed by atoms with Crippen LogP contribution in [0, 0.1) is 25.5 Å². The molecule has 360 valence electrons. The van der Waals surface area contributed by atoms with Crippen LogP contribution in [0.5, 0.6) is 0 Å². The fourth-order valence-electron chi connectivity index (χ4n) is 8.40. The quantitative estimate of drug-likeness (QED) is 0.0989. The number of carbonyl (C=O) groups is 1. The largest absolute Gasteiger partial charge is 0.416 e. The van der Waals surface area contributed by atoms with Gasteiger partial charge in [-0.2, -0.15) is 36.5 Å². The Bertz CT molecular complexity index is 2960. The van der Waals surface area contributed by atoms with Gasteiger partial charge in [0.25, 0.3) is 0 Å². The highest BCUT2D eigenvalue weighted by Crippen LogP contribution is 2.40. The van der Waals surface area contributed by atoms with Crippen molar-refractivity contribution in [1.29, 1.82) is 0 Å². The summed E-state index contributed by atoms with van der Waals surface area (Å²) in [7, 11) is -8.19. The van der Waals surface area contributed by atoms with Crippen molar-refractivity contribution in [2.24, 2.45) is 0 Å². The molecule has 8 rings (SSSR count). The molecule has 0 aliphatic carbocycles. The molecule has 2 saturated heterocycles. The van der Waals surface area contributed by atoms with Crippen molar-refractivity contribution in [3.05, 3.63) is 130 Å². The minimum Gasteiger partial charge on any atom is -0.366 e. The molecule has 6 aromatic rings. The molecule has 0 unspecified atom stereocenters. The third-order valence-electron chi connectivity index (χ3n) is 11.8. The molecule has 0 N–H and O–H groups in total. The van der Waals surface area contributed by atoms with E-state index in [0.717, 1.165) is 36.8 Å². The van der Waals surface area contributed by atoms with Crippen molar-refractivity contribution in [3.8, 4) is 11.4 Å². The van der Waals surface area contributed by atoms with E-state index in [2.05, 4.69) is 10.2 Å². The summed E-state index contributed by atoms with van der Waals surface area (Å²) in [5.41, 5.74) is -0.972. The Kier molecular flexibility index (Phi) is 12.4. The van der Waals surface area contributed by atoms with Crippen LogP contribution < -0.4 is 19.6 Å². The zero-order valence-electron chi connectivity index (χ0n) is 36.7. The number of hydrogen-bond acceptors (Lipinski definition) is 11. The Hall–Kier alpha value is -6.49. The van der Waals surface area contributed by atoms with E-state index in [4.69, 9.17) is 0 Å². The Morgan fingerprint density at radius 1 is 0.515 bits per heavy atom. The number of sulfone groups is 2. The minimum absolute atomic E-state index is 0.0631. The smallest absolute Gasteiger partial charge is 0.366 e. The highest BCUT2D eigenvalue weighted by atomic mass is 32.2. The average Bonchev–Trinajstić information content (AvgIpc) is 3.91. The van der Waals surface area contributed by atoms with Gasteiger partial charge >= 0.3 is 12.4 Å². The Balaban J connectivity index is 1.25. The van der Waals surface area contributed by atoms with E-state index < -0.39 is 60.6 Å². The number of nitrogens with zero attached hydrogens (tertiary/aromatic N) is 8. The van der Waals surface area contributed by atoms with Gasteiger partial charge in [0.2, 0.25) is 0 Å². The maximum absolute atomic E-state index is 15.7. The first-order valence-electron chi connectivity index (χ1n) is 20.9. The number of alkyl halides is 6. The van der Waals surface area contributed by atoms with Crippen LogP contribution in [0.25, 0.3) is 11.4 Å². The molecule has 0 bridgehead atoms. The van der Waals surface area contributed by atoms with Gasteiger partial charge in [0, 0.05) is 77.3 Å². The molecule has 4 heterocycles. The number of benzene rings is 4. The van der Waals surface area contributed by atoms with Crippen molar-refractivity contribution < 1.29 is 56.8 Å². The molecule has 2 aliphatic rings. The van der Waals surface area contributed by atoms with Gasteiger partial charge in [-0.15, -0.1) is 0 Å². The van der Waals surface area contributed by atoms with E-state index in [1.54, 1.807) is 45.8 Å². The molecule has 0 spiro atoms. The van der Waals surface area contributed by atoms with Gasteiger partial charge in [-0.25, -0.2) is 35.0 Å². The molecule has 23 heteroatoms. The predicted molar refractivity (Wildman–Crippen MR) is 238 cm³/mol. The lowest BCUT2D eigenvalue weighted by Gasteiger charge is -2.39. The lowest BCUT2D eigenvalue weighted by molar-refractivity contribution is -0.138. The van der Waals surface area contributed by atoms with Gasteiger partial charge in [0.05, 0.1) is 78.6 Å². The van der Waals surface area contributed by atoms with Gasteiger partial charge in [0.1, 0.15) is 11.6 Å². The van der Waals surface area contributed by atoms with Crippen molar-refractivity contribution >= 4 is 48.2 Å². The maximum Gasteiger partial charge on any atom is 0.416 e. The van der Waals surface area contributed by atoms with Gasteiger partial charge in [-0.3, -0.25) is 4.79 Å². The van der Waals surface area contributed by atoms with E-state index in [-0.39, 0.29) is 107 Å². The van der Waals surface area contributed by atoms with E-state index in [9.17, 15) is 43.2 Å². The zero-order valence-corrected chi connectivity index (χ0v) is 38.3. The highest BCUT2D eigenvalue weighted by Gasteiger charge is 2.36. The van der Waals surface area contributed by atoms with E-state index >= 15 is 13.6 Å². The lowest BCUT2D eigenvalue weighted by atomic mass is 9.97. The first-order chi connectivity index (χ1) is 31.8. The van der Waals surface area contributed by atoms with Crippen LogP contribution in [0.15, 0.2) is 95.2 Å². The molecule has 2 aliphatic heterocycles. The molecule has 4 aromatic carbocycles. The van der Waals surface area contributed by atoms with Crippen molar-refractivity contribution in [2.45, 2.75) is 36.0 Å². The van der Waals surface area contributed by atoms with Crippen LogP contribution in [0.2, 0.25) is 0 Å². The number of carbonyl (C=O) groups excluding carboxylic acids is 1. The van der Waals surface area contributed by atoms with E-state index in [0.29, 0.717) is 23.3 Å². The third kappa shape index (κ3) is 9.62. The summed E-state index contributed by atoms with van der Waals surface area (Å²) in [5.74, 6) is -3.01. The van der Waals surface area contributed by atoms with Crippen LogP contribution in [0.1, 0.15) is 38.2 Å². The molecule has 2 fully saturated rings. The third-order valence-corrected chi connectivity index (χ3v) is 14.0. The van der Waals surface area contributed by atoms with Crippen LogP contribution in [0.4, 0.5) is 57.9 Å². The Labute approximate surface area is 385 Å². The fourth-order valence-corrected chi connectivity index (χ4v) is 9.71. The second kappa shape index (κ2) is 17.5. The van der Waals surface area contributed by atoms with E-state index in [1.807, 2.05) is 0 Å². The number of rotatable bonds is 10. The Morgan fingerprint density at radius 2 is 0.838 bits per heavy atom. The summed E-state index contributed by atoms with van der Waals surface area (Å²) in [6, 6.07) is 9.55. The predicted octanol–water partition coefficient (Wildman–Crippen LogP) is 7.68. The van der Waals surface area contributed by atoms with Gasteiger partial charge in [-0.05, 0) is 85.6 Å². The summed E-state index contributed by atoms with van der Waals surface area (Å²) < 4.78 is 167. The zero-order chi connectivity index (χ0) is 49.2. The SMILES string of the molecule is Cc1cnn(-c2c(C(=O)c3cc(S(C)(=O)=O)cc(N4CCN(c5ccc(C(F)(F)F)cc5F)CC4)c3-n3cc(C)cn3)cc(S(C)(=O)=O)cc2N2CCN(c3ccc(C(F)(F)F)cc3F)CC2)c1. The standard InChI is InChI=1S/C45H42F8N8O5S2/c1-27-23-54-60(25-27)41-33(19-31(67(3,63)64)21-39(41)58-13-9-56(10-14-58)37-7-5-29(17-35(37)46)44(48,49)50)43(62)34-20-32(68(4,65)66)22-40(42(34)61-26-28(2)24-55-61)59-15-11-57(12-16-59)38-8-6-30(18-36(38)47)45(51,52)53/h5-8,17-26H,9-16H2,1-4H3. The second-order valence-electron chi connectivity index (χ2n) is 16.8. The molecule has 13 nitrogen and oxygen atoms in total. The molecule has 0 radical (unpaired) electrons. The van der Waals surface area contributed by atoms with Crippen molar-refractivity contribution in [3.63, 3.8) is 0 Å². The molecule has 0 saturated carbocycles. The van der Waals surface area contributed by atoms with Crippen LogP contribution in [-0.2, 0) is 32.0 Å². The molecule has 0 amide bonds. The number of hydrogen-bond donors (Lipinski definition) is 0. The summed E-state index contributed by atoms with van der Waals surface area (Å²) in [6.45, 7) is 4.01. The highest BCUT2D eigenvalue weighted by molar-refractivity contribution is 7.91. The topological polar surface area (TPSA) is 134 Å². The van der Waals surface area contributed by atoms with E-state index in [1.165, 1.54) is 46.0 Å². The first kappa shape index (κ1) is 48.0. The number of aromatic nitrogens is 4.